The number of amides is 1. The van der Waals surface area contributed by atoms with Gasteiger partial charge in [-0.2, -0.15) is 0 Å². The molecule has 0 unspecified atom stereocenters. The van der Waals surface area contributed by atoms with E-state index in [0.29, 0.717) is 45.8 Å². The molecule has 0 saturated carbocycles. The third-order valence-electron chi connectivity index (χ3n) is 4.12. The number of morpholine rings is 1. The summed E-state index contributed by atoms with van der Waals surface area (Å²) in [5, 5.41) is 7.70. The molecule has 8 heteroatoms. The molecule has 6 nitrogen and oxygen atoms in total. The van der Waals surface area contributed by atoms with E-state index in [1.54, 1.807) is 25.1 Å². The molecule has 1 saturated heterocycles. The number of halogens is 2. The molecule has 0 radical (unpaired) electrons. The Labute approximate surface area is 156 Å². The topological polar surface area (TPSA) is 67.6 Å². The second kappa shape index (κ2) is 7.74. The van der Waals surface area contributed by atoms with Gasteiger partial charge in [0.05, 0.1) is 22.8 Å². The molecule has 134 valence electrons. The van der Waals surface area contributed by atoms with Gasteiger partial charge in [0.15, 0.2) is 0 Å². The van der Waals surface area contributed by atoms with Crippen LogP contribution in [0.15, 0.2) is 22.7 Å². The first-order valence-corrected chi connectivity index (χ1v) is 8.72. The summed E-state index contributed by atoms with van der Waals surface area (Å²) in [4.78, 5) is 14.9. The van der Waals surface area contributed by atoms with Crippen molar-refractivity contribution in [2.45, 2.75) is 13.0 Å². The van der Waals surface area contributed by atoms with Crippen molar-refractivity contribution in [1.82, 2.24) is 15.4 Å². The van der Waals surface area contributed by atoms with E-state index in [-0.39, 0.29) is 12.0 Å². The number of aryl methyl sites for hydroxylation is 1. The molecule has 0 aliphatic carbocycles. The first-order chi connectivity index (χ1) is 12.0. The van der Waals surface area contributed by atoms with Crippen molar-refractivity contribution in [2.75, 3.05) is 33.3 Å². The molecule has 1 aliphatic heterocycles. The quantitative estimate of drug-likeness (QED) is 0.878. The lowest BCUT2D eigenvalue weighted by Crippen LogP contribution is -2.46. The highest BCUT2D eigenvalue weighted by atomic mass is 35.5. The number of carbonyl (C=O) groups is 1. The van der Waals surface area contributed by atoms with Gasteiger partial charge in [-0.15, -0.1) is 0 Å². The Morgan fingerprint density at radius 3 is 2.80 bits per heavy atom. The van der Waals surface area contributed by atoms with E-state index in [1.165, 1.54) is 0 Å². The Bertz CT molecular complexity index is 758. The molecule has 1 amide bonds. The van der Waals surface area contributed by atoms with Crippen molar-refractivity contribution in [3.63, 3.8) is 0 Å². The van der Waals surface area contributed by atoms with Crippen molar-refractivity contribution >= 4 is 29.1 Å². The number of rotatable bonds is 4. The standard InChI is InChI=1S/C17H19Cl2N3O3/c1-10-14(17(23)20-8-11-9-22(2)6-7-24-11)16(21-25-10)15-12(18)4-3-5-13(15)19/h3-5,11H,6-9H2,1-2H3,(H,20,23)/t11-/m0/s1. The molecule has 25 heavy (non-hydrogen) atoms. The second-order valence-electron chi connectivity index (χ2n) is 6.02. The molecule has 1 N–H and O–H groups in total. The zero-order chi connectivity index (χ0) is 18.0. The fourth-order valence-electron chi connectivity index (χ4n) is 2.82. The van der Waals surface area contributed by atoms with Gasteiger partial charge in [0.2, 0.25) is 0 Å². The summed E-state index contributed by atoms with van der Waals surface area (Å²) in [6.45, 7) is 4.41. The van der Waals surface area contributed by atoms with Crippen LogP contribution in [-0.4, -0.2) is 55.4 Å². The predicted octanol–water partition coefficient (Wildman–Crippen LogP) is 3.02. The third-order valence-corrected chi connectivity index (χ3v) is 4.75. The summed E-state index contributed by atoms with van der Waals surface area (Å²) in [7, 11) is 2.03. The zero-order valence-electron chi connectivity index (χ0n) is 14.0. The Balaban J connectivity index is 1.80. The van der Waals surface area contributed by atoms with Gasteiger partial charge in [-0.05, 0) is 26.1 Å². The van der Waals surface area contributed by atoms with Gasteiger partial charge in [0.1, 0.15) is 17.0 Å². The van der Waals surface area contributed by atoms with E-state index < -0.39 is 0 Å². The molecule has 1 fully saturated rings. The molecular weight excluding hydrogens is 365 g/mol. The lowest BCUT2D eigenvalue weighted by molar-refractivity contribution is -0.0175. The monoisotopic (exact) mass is 383 g/mol. The number of benzene rings is 1. The van der Waals surface area contributed by atoms with E-state index in [4.69, 9.17) is 32.5 Å². The lowest BCUT2D eigenvalue weighted by Gasteiger charge is -2.30. The zero-order valence-corrected chi connectivity index (χ0v) is 15.5. The van der Waals surface area contributed by atoms with E-state index >= 15 is 0 Å². The number of ether oxygens (including phenoxy) is 1. The highest BCUT2D eigenvalue weighted by molar-refractivity contribution is 6.39. The molecule has 2 aromatic rings. The molecule has 1 aliphatic rings. The number of carbonyl (C=O) groups excluding carboxylic acids is 1. The molecule has 0 spiro atoms. The summed E-state index contributed by atoms with van der Waals surface area (Å²) in [6, 6.07) is 5.12. The average molecular weight is 384 g/mol. The minimum atomic E-state index is -0.290. The normalized spacial score (nSPS) is 18.3. The number of aromatic nitrogens is 1. The predicted molar refractivity (Wildman–Crippen MR) is 96.3 cm³/mol. The molecule has 3 rings (SSSR count). The number of hydrogen-bond acceptors (Lipinski definition) is 5. The molecular formula is C17H19Cl2N3O3. The van der Waals surface area contributed by atoms with E-state index in [9.17, 15) is 4.79 Å². The summed E-state index contributed by atoms with van der Waals surface area (Å²) in [5.41, 5.74) is 1.16. The van der Waals surface area contributed by atoms with E-state index in [2.05, 4.69) is 15.4 Å². The van der Waals surface area contributed by atoms with Gasteiger partial charge in [-0.1, -0.05) is 34.4 Å². The smallest absolute Gasteiger partial charge is 0.257 e. The number of nitrogens with one attached hydrogen (secondary N) is 1. The van der Waals surface area contributed by atoms with Gasteiger partial charge < -0.3 is 19.5 Å². The maximum atomic E-state index is 12.7. The molecule has 1 aromatic carbocycles. The molecule has 2 heterocycles. The van der Waals surface area contributed by atoms with Crippen LogP contribution in [0.5, 0.6) is 0 Å². The van der Waals surface area contributed by atoms with Crippen molar-refractivity contribution < 1.29 is 14.1 Å². The van der Waals surface area contributed by atoms with Gasteiger partial charge in [0, 0.05) is 25.2 Å². The van der Waals surface area contributed by atoms with Crippen LogP contribution in [0, 0.1) is 6.92 Å². The minimum absolute atomic E-state index is 0.0461. The molecule has 1 aromatic heterocycles. The Kier molecular flexibility index (Phi) is 5.64. The van der Waals surface area contributed by atoms with Crippen LogP contribution >= 0.6 is 23.2 Å². The van der Waals surface area contributed by atoms with Crippen molar-refractivity contribution in [3.05, 3.63) is 39.6 Å². The SMILES string of the molecule is Cc1onc(-c2c(Cl)cccc2Cl)c1C(=O)NC[C@H]1CN(C)CCO1. The Morgan fingerprint density at radius 1 is 1.40 bits per heavy atom. The second-order valence-corrected chi connectivity index (χ2v) is 6.84. The molecule has 1 atom stereocenters. The van der Waals surface area contributed by atoms with Gasteiger partial charge in [0.25, 0.3) is 5.91 Å². The van der Waals surface area contributed by atoms with E-state index in [1.807, 2.05) is 7.05 Å². The highest BCUT2D eigenvalue weighted by Gasteiger charge is 2.26. The number of nitrogens with zero attached hydrogens (tertiary/aromatic N) is 2. The van der Waals surface area contributed by atoms with Crippen molar-refractivity contribution in [3.8, 4) is 11.3 Å². The van der Waals surface area contributed by atoms with Crippen LogP contribution in [0.4, 0.5) is 0 Å². The van der Waals surface area contributed by atoms with Crippen LogP contribution in [0.1, 0.15) is 16.1 Å². The number of likely N-dealkylation sites (N-methyl/N-ethyl adjacent to an activating group) is 1. The number of hydrogen-bond donors (Lipinski definition) is 1. The summed E-state index contributed by atoms with van der Waals surface area (Å²) in [6.07, 6.45) is -0.0461. The van der Waals surface area contributed by atoms with Crippen molar-refractivity contribution in [2.24, 2.45) is 0 Å². The first-order valence-electron chi connectivity index (χ1n) is 7.96. The Hall–Kier alpha value is -1.60. The Morgan fingerprint density at radius 2 is 2.12 bits per heavy atom. The summed E-state index contributed by atoms with van der Waals surface area (Å²) in [5.74, 6) is 0.117. The van der Waals surface area contributed by atoms with Crippen LogP contribution in [-0.2, 0) is 4.74 Å². The van der Waals surface area contributed by atoms with Crippen molar-refractivity contribution in [1.29, 1.82) is 0 Å². The minimum Gasteiger partial charge on any atom is -0.374 e. The van der Waals surface area contributed by atoms with Crippen LogP contribution in [0.3, 0.4) is 0 Å². The van der Waals surface area contributed by atoms with Crippen LogP contribution in [0.2, 0.25) is 10.0 Å². The van der Waals surface area contributed by atoms with Crippen LogP contribution < -0.4 is 5.32 Å². The maximum absolute atomic E-state index is 12.7. The largest absolute Gasteiger partial charge is 0.374 e. The summed E-state index contributed by atoms with van der Waals surface area (Å²) < 4.78 is 10.9. The fraction of sp³-hybridized carbons (Fsp3) is 0.412. The van der Waals surface area contributed by atoms with Crippen LogP contribution in [0.25, 0.3) is 11.3 Å². The van der Waals surface area contributed by atoms with Gasteiger partial charge in [-0.25, -0.2) is 0 Å². The average Bonchev–Trinajstić information content (AvgIpc) is 2.94. The molecule has 0 bridgehead atoms. The van der Waals surface area contributed by atoms with E-state index in [0.717, 1.165) is 13.1 Å². The lowest BCUT2D eigenvalue weighted by atomic mass is 10.1. The first kappa shape index (κ1) is 18.2. The van der Waals surface area contributed by atoms with Gasteiger partial charge >= 0.3 is 0 Å². The van der Waals surface area contributed by atoms with Gasteiger partial charge in [-0.3, -0.25) is 4.79 Å². The highest BCUT2D eigenvalue weighted by Crippen LogP contribution is 2.36. The third kappa shape index (κ3) is 3.98. The maximum Gasteiger partial charge on any atom is 0.257 e. The summed E-state index contributed by atoms with van der Waals surface area (Å²) >= 11 is 12.5. The fourth-order valence-corrected chi connectivity index (χ4v) is 3.40.